The van der Waals surface area contributed by atoms with Crippen molar-refractivity contribution in [3.8, 4) is 0 Å². The predicted octanol–water partition coefficient (Wildman–Crippen LogP) is 1.89. The molecule has 0 atom stereocenters. The van der Waals surface area contributed by atoms with Gasteiger partial charge in [-0.3, -0.25) is 4.79 Å². The standard InChI is InChI=1S/C12H11N3O3S/c1-7-6-19-10(12(17)18-2)9(7)15-11(16)8-3-4-13-14-5-8/h3-6H,1-2H3,(H,15,16). The second-order valence-corrected chi connectivity index (χ2v) is 4.58. The van der Waals surface area contributed by atoms with Crippen LogP contribution in [0.3, 0.4) is 0 Å². The van der Waals surface area contributed by atoms with Gasteiger partial charge in [0.15, 0.2) is 0 Å². The van der Waals surface area contributed by atoms with E-state index in [0.29, 0.717) is 16.1 Å². The zero-order chi connectivity index (χ0) is 13.8. The van der Waals surface area contributed by atoms with Gasteiger partial charge in [0.1, 0.15) is 4.88 Å². The monoisotopic (exact) mass is 277 g/mol. The highest BCUT2D eigenvalue weighted by Gasteiger charge is 2.19. The Morgan fingerprint density at radius 2 is 2.16 bits per heavy atom. The minimum absolute atomic E-state index is 0.346. The summed E-state index contributed by atoms with van der Waals surface area (Å²) >= 11 is 1.23. The van der Waals surface area contributed by atoms with E-state index in [1.165, 1.54) is 30.8 Å². The molecule has 1 amide bonds. The van der Waals surface area contributed by atoms with Crippen LogP contribution in [-0.2, 0) is 4.74 Å². The van der Waals surface area contributed by atoms with E-state index >= 15 is 0 Å². The van der Waals surface area contributed by atoms with Crippen molar-refractivity contribution in [1.29, 1.82) is 0 Å². The number of rotatable bonds is 3. The Kier molecular flexibility index (Phi) is 3.86. The average molecular weight is 277 g/mol. The maximum absolute atomic E-state index is 12.0. The molecule has 2 rings (SSSR count). The summed E-state index contributed by atoms with van der Waals surface area (Å²) in [5.74, 6) is -0.817. The smallest absolute Gasteiger partial charge is 0.350 e. The van der Waals surface area contributed by atoms with Gasteiger partial charge in [0.2, 0.25) is 0 Å². The number of thiophene rings is 1. The van der Waals surface area contributed by atoms with Crippen LogP contribution in [-0.4, -0.2) is 29.2 Å². The van der Waals surface area contributed by atoms with E-state index in [-0.39, 0.29) is 5.91 Å². The Hall–Kier alpha value is -2.28. The van der Waals surface area contributed by atoms with Crippen molar-refractivity contribution in [2.45, 2.75) is 6.92 Å². The van der Waals surface area contributed by atoms with Crippen molar-refractivity contribution in [3.05, 3.63) is 39.8 Å². The molecule has 7 heteroatoms. The molecule has 0 unspecified atom stereocenters. The summed E-state index contributed by atoms with van der Waals surface area (Å²) < 4.78 is 4.68. The summed E-state index contributed by atoms with van der Waals surface area (Å²) in [6.07, 6.45) is 2.78. The number of carbonyl (C=O) groups is 2. The van der Waals surface area contributed by atoms with Crippen LogP contribution in [0.25, 0.3) is 0 Å². The lowest BCUT2D eigenvalue weighted by Gasteiger charge is -2.06. The highest BCUT2D eigenvalue weighted by molar-refractivity contribution is 7.12. The van der Waals surface area contributed by atoms with Crippen LogP contribution >= 0.6 is 11.3 Å². The summed E-state index contributed by atoms with van der Waals surface area (Å²) in [5, 5.41) is 11.7. The van der Waals surface area contributed by atoms with E-state index in [1.807, 2.05) is 6.92 Å². The number of hydrogen-bond acceptors (Lipinski definition) is 6. The fourth-order valence-corrected chi connectivity index (χ4v) is 2.38. The highest BCUT2D eigenvalue weighted by atomic mass is 32.1. The van der Waals surface area contributed by atoms with E-state index in [9.17, 15) is 9.59 Å². The quantitative estimate of drug-likeness (QED) is 0.866. The molecule has 2 aromatic rings. The number of anilines is 1. The van der Waals surface area contributed by atoms with E-state index in [1.54, 1.807) is 11.4 Å². The Morgan fingerprint density at radius 1 is 1.37 bits per heavy atom. The Balaban J connectivity index is 2.27. The van der Waals surface area contributed by atoms with Crippen LogP contribution in [0.5, 0.6) is 0 Å². The average Bonchev–Trinajstić information content (AvgIpc) is 2.80. The lowest BCUT2D eigenvalue weighted by molar-refractivity contribution is 0.0607. The van der Waals surface area contributed by atoms with Crippen molar-refractivity contribution in [1.82, 2.24) is 10.2 Å². The molecular formula is C12H11N3O3S. The van der Waals surface area contributed by atoms with E-state index in [2.05, 4.69) is 20.3 Å². The molecule has 0 aliphatic carbocycles. The minimum atomic E-state index is -0.471. The summed E-state index contributed by atoms with van der Waals surface area (Å²) in [4.78, 5) is 24.0. The number of nitrogens with zero attached hydrogens (tertiary/aromatic N) is 2. The molecule has 2 aromatic heterocycles. The summed E-state index contributed by atoms with van der Waals surface area (Å²) in [6, 6.07) is 1.54. The van der Waals surface area contributed by atoms with Crippen molar-refractivity contribution < 1.29 is 14.3 Å². The molecule has 0 fully saturated rings. The SMILES string of the molecule is COC(=O)c1scc(C)c1NC(=O)c1ccnnc1. The van der Waals surface area contributed by atoms with Crippen LogP contribution in [0.4, 0.5) is 5.69 Å². The first-order chi connectivity index (χ1) is 9.13. The first-order valence-corrected chi connectivity index (χ1v) is 6.26. The predicted molar refractivity (Wildman–Crippen MR) is 70.4 cm³/mol. The van der Waals surface area contributed by atoms with Gasteiger partial charge in [-0.15, -0.1) is 11.3 Å². The number of aromatic nitrogens is 2. The number of methoxy groups -OCH3 is 1. The summed E-state index contributed by atoms with van der Waals surface area (Å²) in [6.45, 7) is 1.81. The Bertz CT molecular complexity index is 610. The maximum atomic E-state index is 12.0. The lowest BCUT2D eigenvalue weighted by Crippen LogP contribution is -2.15. The zero-order valence-electron chi connectivity index (χ0n) is 10.3. The first-order valence-electron chi connectivity index (χ1n) is 5.38. The summed E-state index contributed by atoms with van der Waals surface area (Å²) in [7, 11) is 1.30. The summed E-state index contributed by atoms with van der Waals surface area (Å²) in [5.41, 5.74) is 1.65. The minimum Gasteiger partial charge on any atom is -0.465 e. The van der Waals surface area contributed by atoms with Crippen LogP contribution in [0.2, 0.25) is 0 Å². The maximum Gasteiger partial charge on any atom is 0.350 e. The van der Waals surface area contributed by atoms with Gasteiger partial charge in [-0.05, 0) is 23.9 Å². The normalized spacial score (nSPS) is 10.0. The van der Waals surface area contributed by atoms with Crippen molar-refractivity contribution in [3.63, 3.8) is 0 Å². The number of hydrogen-bond donors (Lipinski definition) is 1. The molecule has 98 valence electrons. The van der Waals surface area contributed by atoms with Crippen molar-refractivity contribution >= 4 is 28.9 Å². The number of esters is 1. The van der Waals surface area contributed by atoms with Gasteiger partial charge >= 0.3 is 5.97 Å². The fraction of sp³-hybridized carbons (Fsp3) is 0.167. The van der Waals surface area contributed by atoms with Crippen LogP contribution < -0.4 is 5.32 Å². The Labute approximate surface area is 113 Å². The van der Waals surface area contributed by atoms with Crippen molar-refractivity contribution in [2.75, 3.05) is 12.4 Å². The van der Waals surface area contributed by atoms with Gasteiger partial charge in [0.05, 0.1) is 30.8 Å². The number of carbonyl (C=O) groups excluding carboxylic acids is 2. The third-order valence-electron chi connectivity index (χ3n) is 2.43. The second-order valence-electron chi connectivity index (χ2n) is 3.70. The first kappa shape index (κ1) is 13.2. The largest absolute Gasteiger partial charge is 0.465 e. The molecule has 19 heavy (non-hydrogen) atoms. The van der Waals surface area contributed by atoms with Crippen LogP contribution in [0, 0.1) is 6.92 Å². The molecule has 0 spiro atoms. The van der Waals surface area contributed by atoms with E-state index in [4.69, 9.17) is 0 Å². The topological polar surface area (TPSA) is 81.2 Å². The highest BCUT2D eigenvalue weighted by Crippen LogP contribution is 2.28. The van der Waals surface area contributed by atoms with Gasteiger partial charge < -0.3 is 10.1 Å². The van der Waals surface area contributed by atoms with Crippen molar-refractivity contribution in [2.24, 2.45) is 0 Å². The zero-order valence-corrected chi connectivity index (χ0v) is 11.2. The fourth-order valence-electron chi connectivity index (χ4n) is 1.45. The number of aryl methyl sites for hydroxylation is 1. The molecule has 0 saturated heterocycles. The molecule has 0 aliphatic rings. The molecule has 1 N–H and O–H groups in total. The third kappa shape index (κ3) is 2.76. The van der Waals surface area contributed by atoms with E-state index < -0.39 is 5.97 Å². The van der Waals surface area contributed by atoms with E-state index in [0.717, 1.165) is 5.56 Å². The number of amides is 1. The second kappa shape index (κ2) is 5.57. The lowest BCUT2D eigenvalue weighted by atomic mass is 10.2. The number of nitrogens with one attached hydrogen (secondary N) is 1. The molecule has 0 saturated carbocycles. The molecule has 0 radical (unpaired) electrons. The molecule has 2 heterocycles. The molecular weight excluding hydrogens is 266 g/mol. The van der Waals surface area contributed by atoms with Gasteiger partial charge in [0.25, 0.3) is 5.91 Å². The molecule has 0 aromatic carbocycles. The molecule has 6 nitrogen and oxygen atoms in total. The molecule has 0 bridgehead atoms. The van der Waals surface area contributed by atoms with Crippen LogP contribution in [0.15, 0.2) is 23.8 Å². The van der Waals surface area contributed by atoms with Gasteiger partial charge in [-0.25, -0.2) is 4.79 Å². The molecule has 0 aliphatic heterocycles. The van der Waals surface area contributed by atoms with Gasteiger partial charge in [0, 0.05) is 0 Å². The van der Waals surface area contributed by atoms with Gasteiger partial charge in [-0.1, -0.05) is 0 Å². The Morgan fingerprint density at radius 3 is 2.79 bits per heavy atom. The van der Waals surface area contributed by atoms with Crippen LogP contribution in [0.1, 0.15) is 25.6 Å². The third-order valence-corrected chi connectivity index (χ3v) is 3.51. The van der Waals surface area contributed by atoms with Gasteiger partial charge in [-0.2, -0.15) is 10.2 Å². The number of ether oxygens (including phenoxy) is 1.